The second kappa shape index (κ2) is 10.0. The van der Waals surface area contributed by atoms with Gasteiger partial charge in [0.15, 0.2) is 0 Å². The van der Waals surface area contributed by atoms with Gasteiger partial charge >= 0.3 is 0 Å². The van der Waals surface area contributed by atoms with Crippen LogP contribution in [0, 0.1) is 11.8 Å². The van der Waals surface area contributed by atoms with Crippen LogP contribution in [0.25, 0.3) is 0 Å². The molecular weight excluding hydrogens is 486 g/mol. The smallest absolute Gasteiger partial charge is 0.241 e. The molecule has 2 spiro atoms. The number of fused-ring (bicyclic) bond motifs is 2. The van der Waals surface area contributed by atoms with E-state index in [0.29, 0.717) is 12.3 Å². The minimum Gasteiger partial charge on any atom is -0.471 e. The van der Waals surface area contributed by atoms with Gasteiger partial charge in [-0.05, 0) is 93.4 Å². The highest BCUT2D eigenvalue weighted by Crippen LogP contribution is 2.48. The van der Waals surface area contributed by atoms with Gasteiger partial charge in [0.05, 0.1) is 0 Å². The maximum Gasteiger partial charge on any atom is 0.241 e. The van der Waals surface area contributed by atoms with Crippen molar-refractivity contribution in [1.29, 1.82) is 0 Å². The molecule has 3 aliphatic carbocycles. The number of ether oxygens (including phenoxy) is 2. The largest absolute Gasteiger partial charge is 0.471 e. The average Bonchev–Trinajstić information content (AvgIpc) is 3.67. The van der Waals surface area contributed by atoms with Crippen molar-refractivity contribution >= 4 is 0 Å². The summed E-state index contributed by atoms with van der Waals surface area (Å²) < 4.78 is 37.3. The Hall–Kier alpha value is -2.32. The van der Waals surface area contributed by atoms with Crippen molar-refractivity contribution in [3.63, 3.8) is 0 Å². The fourth-order valence-electron chi connectivity index (χ4n) is 6.34. The molecule has 38 heavy (non-hydrogen) atoms. The third kappa shape index (κ3) is 5.26. The van der Waals surface area contributed by atoms with Crippen molar-refractivity contribution < 1.29 is 18.3 Å². The lowest BCUT2D eigenvalue weighted by Gasteiger charge is -2.46. The maximum atomic E-state index is 12.6. The van der Waals surface area contributed by atoms with Crippen LogP contribution in [0.2, 0.25) is 0 Å². The van der Waals surface area contributed by atoms with Gasteiger partial charge in [-0.25, -0.2) is 18.7 Å². The molecule has 4 N–H and O–H groups in total. The summed E-state index contributed by atoms with van der Waals surface area (Å²) in [7, 11) is 0. The van der Waals surface area contributed by atoms with Crippen LogP contribution in [-0.2, 0) is 12.8 Å². The number of alkyl halides is 2. The van der Waals surface area contributed by atoms with Crippen LogP contribution in [0.15, 0.2) is 24.5 Å². The fraction of sp³-hybridized carbons (Fsp3) is 0.667. The number of hydrogen-bond acceptors (Lipinski definition) is 6. The van der Waals surface area contributed by atoms with E-state index in [0.717, 1.165) is 73.4 Å². The third-order valence-corrected chi connectivity index (χ3v) is 9.22. The Bertz CT molecular complexity index is 1160. The number of aromatic nitrogens is 2. The summed E-state index contributed by atoms with van der Waals surface area (Å²) in [6, 6.07) is 4.13. The molecule has 7 rings (SSSR count). The molecule has 206 valence electrons. The SMILES string of the molecule is CC(Cc1cnc2c(c1)C(N)CC1(CCC1)O2)C(F)F.NC1CC2(CCC2)Oc2ncc(CC3CC3)cc21. The maximum absolute atomic E-state index is 12.6. The summed E-state index contributed by atoms with van der Waals surface area (Å²) in [5.41, 5.74) is 16.6. The Morgan fingerprint density at radius 3 is 1.82 bits per heavy atom. The number of hydrogen-bond donors (Lipinski definition) is 2. The lowest BCUT2D eigenvalue weighted by molar-refractivity contribution is -0.0372. The Labute approximate surface area is 223 Å². The van der Waals surface area contributed by atoms with Crippen LogP contribution in [0.5, 0.6) is 11.8 Å². The van der Waals surface area contributed by atoms with E-state index < -0.39 is 12.3 Å². The topological polar surface area (TPSA) is 96.3 Å². The number of nitrogens with two attached hydrogens (primary N) is 2. The van der Waals surface area contributed by atoms with E-state index >= 15 is 0 Å². The molecule has 2 aromatic heterocycles. The second-order valence-corrected chi connectivity index (χ2v) is 12.5. The first-order chi connectivity index (χ1) is 18.2. The molecular formula is C30H40F2N4O2. The van der Waals surface area contributed by atoms with E-state index in [4.69, 9.17) is 20.9 Å². The van der Waals surface area contributed by atoms with Crippen molar-refractivity contribution in [2.24, 2.45) is 23.3 Å². The predicted molar refractivity (Wildman–Crippen MR) is 141 cm³/mol. The third-order valence-electron chi connectivity index (χ3n) is 9.22. The van der Waals surface area contributed by atoms with Crippen LogP contribution in [0.4, 0.5) is 8.78 Å². The molecule has 0 saturated heterocycles. The number of halogens is 2. The van der Waals surface area contributed by atoms with Gasteiger partial charge in [-0.2, -0.15) is 0 Å². The van der Waals surface area contributed by atoms with Gasteiger partial charge < -0.3 is 20.9 Å². The van der Waals surface area contributed by atoms with Crippen LogP contribution in [0.3, 0.4) is 0 Å². The lowest BCUT2D eigenvalue weighted by Crippen LogP contribution is -2.48. The van der Waals surface area contributed by atoms with E-state index in [1.807, 2.05) is 12.3 Å². The Kier molecular flexibility index (Phi) is 6.83. The Balaban J connectivity index is 0.000000140. The first-order valence-electron chi connectivity index (χ1n) is 14.4. The number of nitrogens with zero attached hydrogens (tertiary/aromatic N) is 2. The van der Waals surface area contributed by atoms with Crippen molar-refractivity contribution in [2.45, 2.75) is 114 Å². The summed E-state index contributed by atoms with van der Waals surface area (Å²) in [4.78, 5) is 8.84. The zero-order chi connectivity index (χ0) is 26.5. The average molecular weight is 527 g/mol. The number of rotatable bonds is 5. The predicted octanol–water partition coefficient (Wildman–Crippen LogP) is 5.97. The molecule has 3 fully saturated rings. The highest BCUT2D eigenvalue weighted by molar-refractivity contribution is 5.37. The van der Waals surface area contributed by atoms with Gasteiger partial charge in [0, 0.05) is 54.4 Å². The molecule has 3 atom stereocenters. The molecule has 8 heteroatoms. The highest BCUT2D eigenvalue weighted by Gasteiger charge is 2.46. The van der Waals surface area contributed by atoms with Crippen LogP contribution < -0.4 is 20.9 Å². The molecule has 3 saturated carbocycles. The van der Waals surface area contributed by atoms with Gasteiger partial charge in [0.2, 0.25) is 18.2 Å². The van der Waals surface area contributed by atoms with E-state index in [-0.39, 0.29) is 23.3 Å². The lowest BCUT2D eigenvalue weighted by atomic mass is 9.73. The van der Waals surface area contributed by atoms with Crippen molar-refractivity contribution in [1.82, 2.24) is 9.97 Å². The van der Waals surface area contributed by atoms with Gasteiger partial charge in [0.25, 0.3) is 0 Å². The molecule has 0 radical (unpaired) electrons. The quantitative estimate of drug-likeness (QED) is 0.498. The molecule has 3 unspecified atom stereocenters. The summed E-state index contributed by atoms with van der Waals surface area (Å²) >= 11 is 0. The van der Waals surface area contributed by atoms with Gasteiger partial charge in [-0.3, -0.25) is 0 Å². The molecule has 0 amide bonds. The van der Waals surface area contributed by atoms with Gasteiger partial charge in [-0.1, -0.05) is 6.92 Å². The van der Waals surface area contributed by atoms with E-state index in [2.05, 4.69) is 16.0 Å². The summed E-state index contributed by atoms with van der Waals surface area (Å²) in [5.74, 6) is 1.61. The molecule has 0 bridgehead atoms. The Morgan fingerprint density at radius 1 is 0.868 bits per heavy atom. The van der Waals surface area contributed by atoms with E-state index in [9.17, 15) is 8.78 Å². The first-order valence-corrected chi connectivity index (χ1v) is 14.4. The zero-order valence-corrected chi connectivity index (χ0v) is 22.3. The number of pyridine rings is 2. The van der Waals surface area contributed by atoms with Crippen molar-refractivity contribution in [3.8, 4) is 11.8 Å². The summed E-state index contributed by atoms with van der Waals surface area (Å²) in [5, 5.41) is 0. The minimum atomic E-state index is -2.31. The second-order valence-electron chi connectivity index (χ2n) is 12.5. The standard InChI is InChI=1S/C15H20F2N2O.C15H20N2O/c1-9(13(16)17)5-10-6-11-12(18)7-15(3-2-4-15)20-14(11)19-8-10;16-13-8-15(4-1-5-15)18-14-12(13)7-11(9-17-14)6-10-2-3-10/h6,8-9,12-13H,2-5,7,18H2,1H3;7,9-10,13H,1-6,8,16H2. The van der Waals surface area contributed by atoms with E-state index in [1.165, 1.54) is 31.2 Å². The fourth-order valence-corrected chi connectivity index (χ4v) is 6.34. The molecule has 0 aromatic carbocycles. The normalized spacial score (nSPS) is 26.6. The van der Waals surface area contributed by atoms with Crippen molar-refractivity contribution in [2.75, 3.05) is 0 Å². The van der Waals surface area contributed by atoms with Crippen LogP contribution >= 0.6 is 0 Å². The zero-order valence-electron chi connectivity index (χ0n) is 22.3. The van der Waals surface area contributed by atoms with Crippen molar-refractivity contribution in [3.05, 3.63) is 46.8 Å². The Morgan fingerprint density at radius 2 is 1.37 bits per heavy atom. The van der Waals surface area contributed by atoms with Gasteiger partial charge in [-0.15, -0.1) is 0 Å². The van der Waals surface area contributed by atoms with Crippen LogP contribution in [-0.4, -0.2) is 27.6 Å². The summed E-state index contributed by atoms with van der Waals surface area (Å²) in [6.45, 7) is 1.55. The molecule has 4 heterocycles. The first kappa shape index (κ1) is 25.9. The molecule has 6 nitrogen and oxygen atoms in total. The minimum absolute atomic E-state index is 0.0252. The molecule has 2 aromatic rings. The summed E-state index contributed by atoms with van der Waals surface area (Å²) in [6.07, 6.45) is 14.1. The monoisotopic (exact) mass is 526 g/mol. The molecule has 5 aliphatic rings. The van der Waals surface area contributed by atoms with E-state index in [1.54, 1.807) is 13.1 Å². The highest BCUT2D eigenvalue weighted by atomic mass is 19.3. The van der Waals surface area contributed by atoms with Crippen LogP contribution in [0.1, 0.15) is 105 Å². The van der Waals surface area contributed by atoms with Gasteiger partial charge in [0.1, 0.15) is 11.2 Å². The molecule has 2 aliphatic heterocycles.